The average molecular weight is 355 g/mol. The number of rotatable bonds is 6. The van der Waals surface area contributed by atoms with Gasteiger partial charge in [0.2, 0.25) is 0 Å². The largest absolute Gasteiger partial charge is 0.370 e. The molecule has 0 amide bonds. The Labute approximate surface area is 151 Å². The molecule has 0 saturated heterocycles. The molecule has 0 radical (unpaired) electrons. The lowest BCUT2D eigenvalue weighted by Gasteiger charge is -2.33. The van der Waals surface area contributed by atoms with Crippen molar-refractivity contribution in [3.63, 3.8) is 0 Å². The molecule has 0 aromatic carbocycles. The summed E-state index contributed by atoms with van der Waals surface area (Å²) < 4.78 is 8.17. The summed E-state index contributed by atoms with van der Waals surface area (Å²) in [5, 5.41) is 3.19. The third-order valence-corrected chi connectivity index (χ3v) is 5.36. The number of fused-ring (bicyclic) bond motifs is 1. The summed E-state index contributed by atoms with van der Waals surface area (Å²) in [5.41, 5.74) is 2.28. The van der Waals surface area contributed by atoms with E-state index in [9.17, 15) is 0 Å². The Balaban J connectivity index is 1.39. The van der Waals surface area contributed by atoms with Crippen LogP contribution in [0.3, 0.4) is 0 Å². The van der Waals surface area contributed by atoms with Crippen molar-refractivity contribution in [3.05, 3.63) is 64.4 Å². The molecule has 130 valence electrons. The van der Waals surface area contributed by atoms with Gasteiger partial charge in [0.25, 0.3) is 0 Å². The zero-order chi connectivity index (χ0) is 17.1. The van der Waals surface area contributed by atoms with Gasteiger partial charge in [0.15, 0.2) is 0 Å². The van der Waals surface area contributed by atoms with Crippen LogP contribution in [0.15, 0.2) is 42.3 Å². The molecule has 0 aliphatic carbocycles. The molecule has 0 unspecified atom stereocenters. The van der Waals surface area contributed by atoms with E-state index < -0.39 is 0 Å². The topological polar surface area (TPSA) is 56.1 Å². The summed E-state index contributed by atoms with van der Waals surface area (Å²) in [7, 11) is 0. The van der Waals surface area contributed by atoms with E-state index in [1.54, 1.807) is 23.7 Å². The maximum Gasteiger partial charge on any atom is 0.126 e. The maximum absolute atomic E-state index is 5.87. The number of hydrogen-bond donors (Lipinski definition) is 0. The normalized spacial score (nSPS) is 17.6. The second-order valence-corrected chi connectivity index (χ2v) is 7.16. The van der Waals surface area contributed by atoms with Crippen LogP contribution >= 0.6 is 11.3 Å². The van der Waals surface area contributed by atoms with Crippen LogP contribution in [0.1, 0.15) is 35.1 Å². The Morgan fingerprint density at radius 1 is 1.16 bits per heavy atom. The molecule has 1 aliphatic heterocycles. The lowest BCUT2D eigenvalue weighted by molar-refractivity contribution is 0.0970. The van der Waals surface area contributed by atoms with Gasteiger partial charge in [-0.2, -0.15) is 0 Å². The van der Waals surface area contributed by atoms with Gasteiger partial charge in [-0.15, -0.1) is 11.3 Å². The second-order valence-electron chi connectivity index (χ2n) is 6.18. The smallest absolute Gasteiger partial charge is 0.126 e. The first-order valence-electron chi connectivity index (χ1n) is 8.44. The molecule has 0 spiro atoms. The lowest BCUT2D eigenvalue weighted by atomic mass is 10.2. The summed E-state index contributed by atoms with van der Waals surface area (Å²) in [6, 6.07) is 4.24. The van der Waals surface area contributed by atoms with Crippen molar-refractivity contribution in [2.24, 2.45) is 0 Å². The molecule has 4 rings (SSSR count). The van der Waals surface area contributed by atoms with Gasteiger partial charge in [-0.1, -0.05) is 0 Å². The fourth-order valence-corrected chi connectivity index (χ4v) is 3.83. The van der Waals surface area contributed by atoms with Crippen LogP contribution in [0.25, 0.3) is 0 Å². The van der Waals surface area contributed by atoms with E-state index in [-0.39, 0.29) is 6.04 Å². The number of ether oxygens (including phenoxy) is 1. The van der Waals surface area contributed by atoms with Gasteiger partial charge in [0.1, 0.15) is 10.8 Å². The minimum absolute atomic E-state index is 0.284. The number of imidazole rings is 1. The number of aromatic nitrogens is 4. The van der Waals surface area contributed by atoms with Crippen LogP contribution in [0.5, 0.6) is 0 Å². The Morgan fingerprint density at radius 2 is 2.04 bits per heavy atom. The molecule has 3 aromatic rings. The van der Waals surface area contributed by atoms with Crippen molar-refractivity contribution >= 4 is 11.3 Å². The van der Waals surface area contributed by atoms with Crippen LogP contribution in [0.4, 0.5) is 0 Å². The quantitative estimate of drug-likeness (QED) is 0.680. The summed E-state index contributed by atoms with van der Waals surface area (Å²) in [6.07, 6.45) is 7.40. The Kier molecular flexibility index (Phi) is 4.87. The van der Waals surface area contributed by atoms with Crippen molar-refractivity contribution < 1.29 is 4.74 Å². The third kappa shape index (κ3) is 3.63. The second kappa shape index (κ2) is 7.43. The van der Waals surface area contributed by atoms with Gasteiger partial charge in [0, 0.05) is 37.1 Å². The first kappa shape index (κ1) is 16.4. The van der Waals surface area contributed by atoms with Crippen molar-refractivity contribution in [2.45, 2.75) is 39.3 Å². The minimum Gasteiger partial charge on any atom is -0.370 e. The highest BCUT2D eigenvalue weighted by Crippen LogP contribution is 2.27. The predicted molar refractivity (Wildman–Crippen MR) is 95.9 cm³/mol. The number of pyridine rings is 1. The van der Waals surface area contributed by atoms with Crippen LogP contribution < -0.4 is 0 Å². The molecule has 25 heavy (non-hydrogen) atoms. The predicted octanol–water partition coefficient (Wildman–Crippen LogP) is 3.03. The highest BCUT2D eigenvalue weighted by Gasteiger charge is 2.27. The fourth-order valence-electron chi connectivity index (χ4n) is 3.19. The summed E-state index contributed by atoms with van der Waals surface area (Å²) in [6.45, 7) is 6.22. The summed E-state index contributed by atoms with van der Waals surface area (Å²) in [5.74, 6) is 1.12. The van der Waals surface area contributed by atoms with Gasteiger partial charge < -0.3 is 9.30 Å². The van der Waals surface area contributed by atoms with Gasteiger partial charge in [-0.25, -0.2) is 9.97 Å². The number of thiazole rings is 1. The maximum atomic E-state index is 5.87. The van der Waals surface area contributed by atoms with Crippen molar-refractivity contribution in [1.29, 1.82) is 0 Å². The Hall–Kier alpha value is -2.09. The molecule has 0 fully saturated rings. The van der Waals surface area contributed by atoms with Gasteiger partial charge >= 0.3 is 0 Å². The molecule has 0 saturated carbocycles. The molecule has 7 heteroatoms. The highest BCUT2D eigenvalue weighted by molar-refractivity contribution is 7.09. The van der Waals surface area contributed by atoms with Gasteiger partial charge in [-0.05, 0) is 24.6 Å². The Bertz CT molecular complexity index is 802. The average Bonchev–Trinajstić information content (AvgIpc) is 3.29. The molecular formula is C18H21N5OS. The third-order valence-electron chi connectivity index (χ3n) is 4.59. The van der Waals surface area contributed by atoms with Crippen LogP contribution in [0, 0.1) is 0 Å². The van der Waals surface area contributed by atoms with Crippen molar-refractivity contribution in [1.82, 2.24) is 24.4 Å². The fraction of sp³-hybridized carbons (Fsp3) is 0.389. The molecule has 6 nitrogen and oxygen atoms in total. The Morgan fingerprint density at radius 3 is 2.84 bits per heavy atom. The SMILES string of the molecule is C[C@@H]1c2ncc(COCc3ccncc3)n2CCN1Cc1nccs1. The van der Waals surface area contributed by atoms with Crippen LogP contribution in [0.2, 0.25) is 0 Å². The molecule has 0 N–H and O–H groups in total. The van der Waals surface area contributed by atoms with Crippen molar-refractivity contribution in [3.8, 4) is 0 Å². The lowest BCUT2D eigenvalue weighted by Crippen LogP contribution is -2.37. The molecule has 1 atom stereocenters. The molecule has 3 aromatic heterocycles. The monoisotopic (exact) mass is 355 g/mol. The van der Waals surface area contributed by atoms with Gasteiger partial charge in [0.05, 0.1) is 37.7 Å². The van der Waals surface area contributed by atoms with E-state index in [0.29, 0.717) is 13.2 Å². The first-order valence-corrected chi connectivity index (χ1v) is 9.32. The van der Waals surface area contributed by atoms with E-state index in [1.165, 1.54) is 0 Å². The van der Waals surface area contributed by atoms with E-state index >= 15 is 0 Å². The number of nitrogens with zero attached hydrogens (tertiary/aromatic N) is 5. The zero-order valence-electron chi connectivity index (χ0n) is 14.2. The number of hydrogen-bond acceptors (Lipinski definition) is 6. The molecular weight excluding hydrogens is 334 g/mol. The van der Waals surface area contributed by atoms with Gasteiger partial charge in [-0.3, -0.25) is 9.88 Å². The van der Waals surface area contributed by atoms with Crippen LogP contribution in [-0.2, 0) is 31.0 Å². The molecule has 1 aliphatic rings. The van der Waals surface area contributed by atoms with E-state index in [0.717, 1.165) is 41.7 Å². The van der Waals surface area contributed by atoms with E-state index in [1.807, 2.05) is 29.9 Å². The summed E-state index contributed by atoms with van der Waals surface area (Å²) in [4.78, 5) is 15.5. The zero-order valence-corrected chi connectivity index (χ0v) is 15.0. The van der Waals surface area contributed by atoms with E-state index in [4.69, 9.17) is 4.74 Å². The minimum atomic E-state index is 0.284. The highest BCUT2D eigenvalue weighted by atomic mass is 32.1. The molecule has 4 heterocycles. The standard InChI is InChI=1S/C18H21N5OS/c1-14-18-21-10-16(13-24-12-15-2-4-19-5-3-15)23(18)8-7-22(14)11-17-20-6-9-25-17/h2-6,9-10,14H,7-8,11-13H2,1H3/t14-/m1/s1. The summed E-state index contributed by atoms with van der Waals surface area (Å²) >= 11 is 1.71. The van der Waals surface area contributed by atoms with Crippen molar-refractivity contribution in [2.75, 3.05) is 6.54 Å². The molecule has 0 bridgehead atoms. The van der Waals surface area contributed by atoms with E-state index in [2.05, 4.69) is 31.3 Å². The van der Waals surface area contributed by atoms with Crippen LogP contribution in [-0.4, -0.2) is 31.0 Å². The first-order chi connectivity index (χ1) is 12.3.